The van der Waals surface area contributed by atoms with Crippen LogP contribution in [0, 0.1) is 12.8 Å². The number of likely N-dealkylation sites (tertiary alicyclic amines) is 1. The van der Waals surface area contributed by atoms with E-state index in [4.69, 9.17) is 34.8 Å². The Morgan fingerprint density at radius 2 is 1.70 bits per heavy atom. The lowest BCUT2D eigenvalue weighted by Gasteiger charge is -2.42. The number of halogens is 3. The molecule has 7 heteroatoms. The van der Waals surface area contributed by atoms with Gasteiger partial charge in [-0.3, -0.25) is 9.69 Å². The lowest BCUT2D eigenvalue weighted by molar-refractivity contribution is -0.143. The average molecular weight is 468 g/mol. The first-order valence-electron chi connectivity index (χ1n) is 10.3. The number of benzene rings is 2. The zero-order valence-corrected chi connectivity index (χ0v) is 19.1. The summed E-state index contributed by atoms with van der Waals surface area (Å²) in [6.45, 7) is 6.19. The number of hydrogen-bond acceptors (Lipinski definition) is 3. The number of anilines is 1. The van der Waals surface area contributed by atoms with Crippen LogP contribution < -0.4 is 4.90 Å². The fourth-order valence-corrected chi connectivity index (χ4v) is 5.43. The van der Waals surface area contributed by atoms with Crippen LogP contribution >= 0.6 is 34.8 Å². The molecule has 1 N–H and O–H groups in total. The van der Waals surface area contributed by atoms with Crippen LogP contribution in [0.5, 0.6) is 0 Å². The molecule has 0 aliphatic carbocycles. The monoisotopic (exact) mass is 466 g/mol. The number of nitrogens with zero attached hydrogens (tertiary/aromatic N) is 2. The van der Waals surface area contributed by atoms with Crippen molar-refractivity contribution in [1.29, 1.82) is 0 Å². The normalized spacial score (nSPS) is 18.5. The molecular weight excluding hydrogens is 443 g/mol. The summed E-state index contributed by atoms with van der Waals surface area (Å²) in [4.78, 5) is 15.7. The highest BCUT2D eigenvalue weighted by Crippen LogP contribution is 2.41. The van der Waals surface area contributed by atoms with Crippen molar-refractivity contribution in [1.82, 2.24) is 4.90 Å². The van der Waals surface area contributed by atoms with Gasteiger partial charge in [-0.1, -0.05) is 46.9 Å². The Balaban J connectivity index is 1.41. The van der Waals surface area contributed by atoms with Crippen molar-refractivity contribution in [2.24, 2.45) is 5.92 Å². The first-order chi connectivity index (χ1) is 14.3. The highest BCUT2D eigenvalue weighted by atomic mass is 35.5. The van der Waals surface area contributed by atoms with E-state index in [2.05, 4.69) is 28.9 Å². The number of aryl methyl sites for hydroxylation is 1. The molecule has 30 heavy (non-hydrogen) atoms. The van der Waals surface area contributed by atoms with Crippen molar-refractivity contribution in [2.75, 3.05) is 31.1 Å². The van der Waals surface area contributed by atoms with E-state index in [0.717, 1.165) is 49.0 Å². The Kier molecular flexibility index (Phi) is 6.50. The predicted octanol–water partition coefficient (Wildman–Crippen LogP) is 5.86. The third-order valence-corrected chi connectivity index (χ3v) is 7.31. The minimum atomic E-state index is -0.680. The molecule has 4 nitrogen and oxygen atoms in total. The second-order valence-corrected chi connectivity index (χ2v) is 9.58. The van der Waals surface area contributed by atoms with E-state index < -0.39 is 5.97 Å². The van der Waals surface area contributed by atoms with Crippen molar-refractivity contribution in [3.05, 3.63) is 62.1 Å². The molecule has 0 spiro atoms. The average Bonchev–Trinajstić information content (AvgIpc) is 2.66. The van der Waals surface area contributed by atoms with Crippen LogP contribution in [-0.2, 0) is 11.3 Å². The molecule has 2 aromatic rings. The van der Waals surface area contributed by atoms with E-state index >= 15 is 0 Å². The first-order valence-corrected chi connectivity index (χ1v) is 11.4. The standard InChI is InChI=1S/C23H25Cl3N2O2/c1-14-9-16(17-11-28(12-17)22-19(24)3-2-4-20(22)25)10-21(26)18(14)13-27-7-5-15(6-8-27)23(29)30/h2-4,9-10,15,17H,5-8,11-13H2,1H3,(H,29,30). The Morgan fingerprint density at radius 1 is 1.07 bits per heavy atom. The zero-order valence-electron chi connectivity index (χ0n) is 16.9. The number of rotatable bonds is 5. The van der Waals surface area contributed by atoms with Crippen LogP contribution in [0.2, 0.25) is 15.1 Å². The molecule has 2 aliphatic rings. The van der Waals surface area contributed by atoms with E-state index in [9.17, 15) is 9.90 Å². The van der Waals surface area contributed by atoms with Gasteiger partial charge >= 0.3 is 5.97 Å². The Labute approximate surface area is 192 Å². The second-order valence-electron chi connectivity index (χ2n) is 8.36. The first kappa shape index (κ1) is 21.8. The van der Waals surface area contributed by atoms with E-state index in [1.165, 1.54) is 11.1 Å². The Morgan fingerprint density at radius 3 is 2.27 bits per heavy atom. The maximum absolute atomic E-state index is 11.2. The van der Waals surface area contributed by atoms with Gasteiger partial charge in [0.1, 0.15) is 0 Å². The highest BCUT2D eigenvalue weighted by Gasteiger charge is 2.32. The Bertz CT molecular complexity index is 908. The van der Waals surface area contributed by atoms with Crippen LogP contribution in [0.25, 0.3) is 0 Å². The van der Waals surface area contributed by atoms with Crippen molar-refractivity contribution in [2.45, 2.75) is 32.2 Å². The van der Waals surface area contributed by atoms with Crippen molar-refractivity contribution < 1.29 is 9.90 Å². The van der Waals surface area contributed by atoms with E-state index in [0.29, 0.717) is 28.8 Å². The van der Waals surface area contributed by atoms with E-state index in [1.807, 2.05) is 18.2 Å². The fourth-order valence-electron chi connectivity index (χ4n) is 4.46. The van der Waals surface area contributed by atoms with Gasteiger partial charge < -0.3 is 10.0 Å². The number of para-hydroxylation sites is 1. The van der Waals surface area contributed by atoms with Crippen LogP contribution in [0.15, 0.2) is 30.3 Å². The van der Waals surface area contributed by atoms with Gasteiger partial charge in [-0.05, 0) is 67.7 Å². The van der Waals surface area contributed by atoms with Crippen LogP contribution in [0.4, 0.5) is 5.69 Å². The minimum Gasteiger partial charge on any atom is -0.481 e. The number of carbonyl (C=O) groups is 1. The third kappa shape index (κ3) is 4.43. The van der Waals surface area contributed by atoms with E-state index in [-0.39, 0.29) is 5.92 Å². The molecule has 2 heterocycles. The van der Waals surface area contributed by atoms with Gasteiger partial charge in [0.25, 0.3) is 0 Å². The molecular formula is C23H25Cl3N2O2. The third-order valence-electron chi connectivity index (χ3n) is 6.37. The second kappa shape index (κ2) is 8.96. The van der Waals surface area contributed by atoms with Gasteiger partial charge in [0.15, 0.2) is 0 Å². The SMILES string of the molecule is Cc1cc(C2CN(c3c(Cl)cccc3Cl)C2)cc(Cl)c1CN1CCC(C(=O)O)CC1. The minimum absolute atomic E-state index is 0.214. The molecule has 160 valence electrons. The summed E-state index contributed by atoms with van der Waals surface area (Å²) in [6.07, 6.45) is 1.40. The number of hydrogen-bond donors (Lipinski definition) is 1. The molecule has 0 unspecified atom stereocenters. The maximum atomic E-state index is 11.2. The molecule has 0 amide bonds. The molecule has 2 fully saturated rings. The Hall–Kier alpha value is -1.46. The van der Waals surface area contributed by atoms with Crippen LogP contribution in [0.3, 0.4) is 0 Å². The smallest absolute Gasteiger partial charge is 0.306 e. The number of carboxylic acids is 1. The maximum Gasteiger partial charge on any atom is 0.306 e. The fraction of sp³-hybridized carbons (Fsp3) is 0.435. The van der Waals surface area contributed by atoms with Gasteiger partial charge in [0, 0.05) is 30.6 Å². The van der Waals surface area contributed by atoms with Crippen molar-refractivity contribution in [3.63, 3.8) is 0 Å². The summed E-state index contributed by atoms with van der Waals surface area (Å²) in [5.41, 5.74) is 4.47. The summed E-state index contributed by atoms with van der Waals surface area (Å²) >= 11 is 19.4. The molecule has 2 saturated heterocycles. The number of carboxylic acid groups (broad SMARTS) is 1. The lowest BCUT2D eigenvalue weighted by Crippen LogP contribution is -2.45. The summed E-state index contributed by atoms with van der Waals surface area (Å²) in [5.74, 6) is -0.497. The largest absolute Gasteiger partial charge is 0.481 e. The molecule has 4 rings (SSSR count). The van der Waals surface area contributed by atoms with Crippen LogP contribution in [0.1, 0.15) is 35.4 Å². The van der Waals surface area contributed by atoms with Gasteiger partial charge in [0.2, 0.25) is 0 Å². The van der Waals surface area contributed by atoms with Gasteiger partial charge in [-0.25, -0.2) is 0 Å². The topological polar surface area (TPSA) is 43.8 Å². The molecule has 0 aromatic heterocycles. The predicted molar refractivity (Wildman–Crippen MR) is 123 cm³/mol. The molecule has 2 aromatic carbocycles. The van der Waals surface area contributed by atoms with Crippen molar-refractivity contribution >= 4 is 46.5 Å². The lowest BCUT2D eigenvalue weighted by atomic mass is 9.88. The summed E-state index contributed by atoms with van der Waals surface area (Å²) in [7, 11) is 0. The van der Waals surface area contributed by atoms with Gasteiger partial charge in [0.05, 0.1) is 21.7 Å². The highest BCUT2D eigenvalue weighted by molar-refractivity contribution is 6.39. The summed E-state index contributed by atoms with van der Waals surface area (Å²) in [6, 6.07) is 9.92. The van der Waals surface area contributed by atoms with Crippen LogP contribution in [-0.4, -0.2) is 42.2 Å². The van der Waals surface area contributed by atoms with Gasteiger partial charge in [-0.15, -0.1) is 0 Å². The summed E-state index contributed by atoms with van der Waals surface area (Å²) < 4.78 is 0. The van der Waals surface area contributed by atoms with Crippen molar-refractivity contribution in [3.8, 4) is 0 Å². The number of aliphatic carboxylic acids is 1. The van der Waals surface area contributed by atoms with Gasteiger partial charge in [-0.2, -0.15) is 0 Å². The molecule has 0 atom stereocenters. The number of piperidine rings is 1. The molecule has 0 radical (unpaired) electrons. The molecule has 2 aliphatic heterocycles. The van der Waals surface area contributed by atoms with E-state index in [1.54, 1.807) is 0 Å². The molecule has 0 bridgehead atoms. The summed E-state index contributed by atoms with van der Waals surface area (Å²) in [5, 5.41) is 11.3. The molecule has 0 saturated carbocycles. The zero-order chi connectivity index (χ0) is 21.4. The quantitative estimate of drug-likeness (QED) is 0.598.